The minimum Gasteiger partial charge on any atom is -0.487 e. The fraction of sp³-hybridized carbons (Fsp3) is 0.500. The summed E-state index contributed by atoms with van der Waals surface area (Å²) in [7, 11) is 0. The van der Waals surface area contributed by atoms with E-state index in [1.54, 1.807) is 0 Å². The first-order chi connectivity index (χ1) is 14.8. The van der Waals surface area contributed by atoms with Crippen LogP contribution in [0.5, 0.6) is 5.75 Å². The summed E-state index contributed by atoms with van der Waals surface area (Å²) in [6.45, 7) is 12.6. The molecule has 2 aliphatic heterocycles. The van der Waals surface area contributed by atoms with Crippen molar-refractivity contribution in [2.75, 3.05) is 6.54 Å². The standard InChI is InChI=1S/C28H35NO2/c1-21(2)29(20-22-12-7-6-8-13-22)19-11-17-28(5)18-16-24-26(31-28)23-14-9-10-15-25(23)30-27(24,3)4/h6-10,12-15,21,24,26H,16,18-20H2,1-5H3/t24-,26+,28+/m0/s1. The lowest BCUT2D eigenvalue weighted by molar-refractivity contribution is -0.169. The zero-order valence-corrected chi connectivity index (χ0v) is 19.5. The lowest BCUT2D eigenvalue weighted by Crippen LogP contribution is -2.50. The van der Waals surface area contributed by atoms with Gasteiger partial charge in [0.25, 0.3) is 0 Å². The average molecular weight is 418 g/mol. The number of hydrogen-bond donors (Lipinski definition) is 0. The number of hydrogen-bond acceptors (Lipinski definition) is 3. The highest BCUT2D eigenvalue weighted by atomic mass is 16.5. The molecule has 0 aliphatic carbocycles. The monoisotopic (exact) mass is 417 g/mol. The highest BCUT2D eigenvalue weighted by molar-refractivity contribution is 5.39. The molecule has 0 saturated carbocycles. The van der Waals surface area contributed by atoms with E-state index in [0.29, 0.717) is 12.0 Å². The topological polar surface area (TPSA) is 21.7 Å². The molecule has 2 aliphatic rings. The van der Waals surface area contributed by atoms with Crippen molar-refractivity contribution < 1.29 is 9.47 Å². The summed E-state index contributed by atoms with van der Waals surface area (Å²) in [6, 6.07) is 19.3. The number of nitrogens with zero attached hydrogens (tertiary/aromatic N) is 1. The molecule has 0 amide bonds. The molecular formula is C28H35NO2. The molecule has 0 spiro atoms. The van der Waals surface area contributed by atoms with Gasteiger partial charge in [-0.05, 0) is 59.1 Å². The molecule has 3 nitrogen and oxygen atoms in total. The predicted molar refractivity (Wildman–Crippen MR) is 126 cm³/mol. The van der Waals surface area contributed by atoms with Crippen LogP contribution in [0.1, 0.15) is 64.7 Å². The highest BCUT2D eigenvalue weighted by Gasteiger charge is 2.49. The zero-order chi connectivity index (χ0) is 22.1. The Bertz CT molecular complexity index is 956. The van der Waals surface area contributed by atoms with Gasteiger partial charge in [-0.3, -0.25) is 4.90 Å². The smallest absolute Gasteiger partial charge is 0.126 e. The summed E-state index contributed by atoms with van der Waals surface area (Å²) < 4.78 is 13.1. The van der Waals surface area contributed by atoms with E-state index < -0.39 is 5.60 Å². The van der Waals surface area contributed by atoms with Gasteiger partial charge in [0, 0.05) is 24.1 Å². The van der Waals surface area contributed by atoms with E-state index in [0.717, 1.165) is 37.2 Å². The van der Waals surface area contributed by atoms with Crippen molar-refractivity contribution in [2.24, 2.45) is 5.92 Å². The van der Waals surface area contributed by atoms with Crippen LogP contribution in [0.2, 0.25) is 0 Å². The molecule has 3 heteroatoms. The Balaban J connectivity index is 1.50. The van der Waals surface area contributed by atoms with Crippen LogP contribution in [0.4, 0.5) is 0 Å². The van der Waals surface area contributed by atoms with Gasteiger partial charge in [0.2, 0.25) is 0 Å². The molecule has 0 N–H and O–H groups in total. The van der Waals surface area contributed by atoms with Crippen LogP contribution in [0.3, 0.4) is 0 Å². The number of ether oxygens (including phenoxy) is 2. The Morgan fingerprint density at radius 1 is 1.03 bits per heavy atom. The fourth-order valence-corrected chi connectivity index (χ4v) is 4.82. The van der Waals surface area contributed by atoms with E-state index in [9.17, 15) is 0 Å². The molecule has 0 bridgehead atoms. The van der Waals surface area contributed by atoms with E-state index >= 15 is 0 Å². The summed E-state index contributed by atoms with van der Waals surface area (Å²) in [4.78, 5) is 2.41. The first kappa shape index (κ1) is 21.9. The second-order valence-electron chi connectivity index (χ2n) is 9.94. The van der Waals surface area contributed by atoms with Crippen molar-refractivity contribution in [1.82, 2.24) is 4.90 Å². The van der Waals surface area contributed by atoms with Crippen molar-refractivity contribution in [3.05, 3.63) is 65.7 Å². The molecule has 164 valence electrons. The second-order valence-corrected chi connectivity index (χ2v) is 9.94. The molecule has 0 unspecified atom stereocenters. The molecule has 2 heterocycles. The van der Waals surface area contributed by atoms with E-state index in [4.69, 9.17) is 9.47 Å². The summed E-state index contributed by atoms with van der Waals surface area (Å²) in [5.41, 5.74) is 1.81. The van der Waals surface area contributed by atoms with Gasteiger partial charge in [-0.1, -0.05) is 60.4 Å². The van der Waals surface area contributed by atoms with Gasteiger partial charge >= 0.3 is 0 Å². The third kappa shape index (κ3) is 4.81. The van der Waals surface area contributed by atoms with Gasteiger partial charge in [0.05, 0.1) is 12.6 Å². The van der Waals surface area contributed by atoms with Crippen molar-refractivity contribution in [3.8, 4) is 17.6 Å². The minimum atomic E-state index is -0.433. The Hall–Kier alpha value is -2.28. The SMILES string of the molecule is CC(C)N(CC#C[C@]1(C)CC[C@H]2[C@H](O1)c1ccccc1OC2(C)C)Cc1ccccc1. The molecule has 3 atom stereocenters. The Morgan fingerprint density at radius 2 is 1.74 bits per heavy atom. The molecule has 31 heavy (non-hydrogen) atoms. The first-order valence-electron chi connectivity index (χ1n) is 11.5. The Kier molecular flexibility index (Phi) is 6.15. The van der Waals surface area contributed by atoms with Crippen LogP contribution in [-0.4, -0.2) is 28.7 Å². The molecule has 1 saturated heterocycles. The van der Waals surface area contributed by atoms with E-state index in [-0.39, 0.29) is 11.7 Å². The van der Waals surface area contributed by atoms with E-state index in [1.807, 2.05) is 6.07 Å². The number of benzene rings is 2. The van der Waals surface area contributed by atoms with Crippen LogP contribution in [0.15, 0.2) is 54.6 Å². The Labute approximate surface area is 187 Å². The van der Waals surface area contributed by atoms with E-state index in [1.165, 1.54) is 5.56 Å². The Morgan fingerprint density at radius 3 is 2.48 bits per heavy atom. The van der Waals surface area contributed by atoms with Crippen molar-refractivity contribution >= 4 is 0 Å². The molecule has 0 aromatic heterocycles. The fourth-order valence-electron chi connectivity index (χ4n) is 4.82. The number of rotatable bonds is 4. The maximum absolute atomic E-state index is 6.73. The quantitative estimate of drug-likeness (QED) is 0.570. The molecule has 4 rings (SSSR count). The zero-order valence-electron chi connectivity index (χ0n) is 19.5. The first-order valence-corrected chi connectivity index (χ1v) is 11.5. The molecule has 2 aromatic rings. The normalized spacial score (nSPS) is 26.4. The predicted octanol–water partition coefficient (Wildman–Crippen LogP) is 6.00. The van der Waals surface area contributed by atoms with Gasteiger partial charge in [0.15, 0.2) is 0 Å². The minimum absolute atomic E-state index is 0.0264. The summed E-state index contributed by atoms with van der Waals surface area (Å²) in [6.07, 6.45) is 2.00. The van der Waals surface area contributed by atoms with Crippen molar-refractivity contribution in [2.45, 2.75) is 77.4 Å². The summed E-state index contributed by atoms with van der Waals surface area (Å²) in [5, 5.41) is 0. The summed E-state index contributed by atoms with van der Waals surface area (Å²) >= 11 is 0. The molecule has 2 aromatic carbocycles. The van der Waals surface area contributed by atoms with Crippen molar-refractivity contribution in [3.63, 3.8) is 0 Å². The van der Waals surface area contributed by atoms with Gasteiger partial charge in [-0.2, -0.15) is 0 Å². The highest BCUT2D eigenvalue weighted by Crippen LogP contribution is 2.52. The average Bonchev–Trinajstić information content (AvgIpc) is 2.73. The van der Waals surface area contributed by atoms with Crippen LogP contribution in [0, 0.1) is 17.8 Å². The van der Waals surface area contributed by atoms with E-state index in [2.05, 4.69) is 99.9 Å². The maximum Gasteiger partial charge on any atom is 0.126 e. The van der Waals surface area contributed by atoms with Gasteiger partial charge in [-0.15, -0.1) is 0 Å². The molecule has 1 fully saturated rings. The maximum atomic E-state index is 6.73. The van der Waals surface area contributed by atoms with Gasteiger partial charge < -0.3 is 9.47 Å². The third-order valence-electron chi connectivity index (χ3n) is 6.77. The second kappa shape index (κ2) is 8.69. The lowest BCUT2D eigenvalue weighted by Gasteiger charge is -2.50. The van der Waals surface area contributed by atoms with Crippen LogP contribution < -0.4 is 4.74 Å². The van der Waals surface area contributed by atoms with Crippen molar-refractivity contribution in [1.29, 1.82) is 0 Å². The van der Waals surface area contributed by atoms with Crippen LogP contribution >= 0.6 is 0 Å². The third-order valence-corrected chi connectivity index (χ3v) is 6.77. The lowest BCUT2D eigenvalue weighted by atomic mass is 9.73. The largest absolute Gasteiger partial charge is 0.487 e. The van der Waals surface area contributed by atoms with Crippen LogP contribution in [0.25, 0.3) is 0 Å². The number of fused-ring (bicyclic) bond motifs is 3. The van der Waals surface area contributed by atoms with Gasteiger partial charge in [-0.25, -0.2) is 0 Å². The summed E-state index contributed by atoms with van der Waals surface area (Å²) in [5.74, 6) is 8.24. The van der Waals surface area contributed by atoms with Gasteiger partial charge in [0.1, 0.15) is 17.0 Å². The number of para-hydroxylation sites is 1. The molecule has 0 radical (unpaired) electrons. The van der Waals surface area contributed by atoms with Crippen LogP contribution in [-0.2, 0) is 11.3 Å². The molecular weight excluding hydrogens is 382 g/mol.